The van der Waals surface area contributed by atoms with Gasteiger partial charge in [-0.05, 0) is 37.8 Å². The molecular weight excluding hydrogens is 448 g/mol. The lowest BCUT2D eigenvalue weighted by Crippen LogP contribution is -2.57. The minimum Gasteiger partial charge on any atom is -0.466 e. The summed E-state index contributed by atoms with van der Waals surface area (Å²) >= 11 is 6.26. The fourth-order valence-electron chi connectivity index (χ4n) is 5.83. The van der Waals surface area contributed by atoms with E-state index >= 15 is 0 Å². The number of hydrogen-bond donors (Lipinski definition) is 2. The first-order valence-electron chi connectivity index (χ1n) is 11.6. The smallest absolute Gasteiger partial charge is 0.312 e. The maximum Gasteiger partial charge on any atom is 0.312 e. The van der Waals surface area contributed by atoms with Gasteiger partial charge in [-0.2, -0.15) is 0 Å². The Morgan fingerprint density at radius 1 is 1.36 bits per heavy atom. The number of benzene rings is 1. The zero-order valence-electron chi connectivity index (χ0n) is 19.1. The molecular formula is C24H31ClN2O6. The average molecular weight is 479 g/mol. The van der Waals surface area contributed by atoms with Crippen molar-refractivity contribution in [2.75, 3.05) is 18.5 Å². The molecule has 0 radical (unpaired) electrons. The Hall–Kier alpha value is -2.16. The second kappa shape index (κ2) is 9.24. The summed E-state index contributed by atoms with van der Waals surface area (Å²) in [7, 11) is 0. The summed E-state index contributed by atoms with van der Waals surface area (Å²) in [6.45, 7) is 5.52. The number of halogens is 1. The number of para-hydroxylation sites is 1. The molecule has 2 N–H and O–H groups in total. The van der Waals surface area contributed by atoms with Crippen LogP contribution in [-0.4, -0.2) is 64.8 Å². The van der Waals surface area contributed by atoms with Crippen molar-refractivity contribution in [3.63, 3.8) is 0 Å². The van der Waals surface area contributed by atoms with Gasteiger partial charge in [0, 0.05) is 0 Å². The molecule has 1 aromatic carbocycles. The van der Waals surface area contributed by atoms with Gasteiger partial charge in [-0.1, -0.05) is 44.0 Å². The third-order valence-corrected chi connectivity index (χ3v) is 7.85. The molecule has 9 heteroatoms. The molecule has 2 amide bonds. The van der Waals surface area contributed by atoms with Crippen molar-refractivity contribution in [1.29, 1.82) is 0 Å². The number of rotatable bonds is 8. The van der Waals surface area contributed by atoms with E-state index in [9.17, 15) is 19.5 Å². The van der Waals surface area contributed by atoms with Crippen molar-refractivity contribution < 1.29 is 29.0 Å². The topological polar surface area (TPSA) is 105 Å². The molecule has 8 nitrogen and oxygen atoms in total. The number of nitrogens with one attached hydrogen (secondary N) is 1. The number of amides is 2. The highest BCUT2D eigenvalue weighted by Gasteiger charge is 2.75. The second-order valence-corrected chi connectivity index (χ2v) is 9.57. The number of esters is 1. The van der Waals surface area contributed by atoms with Crippen molar-refractivity contribution in [3.8, 4) is 0 Å². The van der Waals surface area contributed by atoms with Crippen molar-refractivity contribution in [1.82, 2.24) is 4.90 Å². The lowest BCUT2D eigenvalue weighted by molar-refractivity contribution is -0.155. The third kappa shape index (κ3) is 3.72. The zero-order valence-corrected chi connectivity index (χ0v) is 19.9. The van der Waals surface area contributed by atoms with Gasteiger partial charge in [-0.15, -0.1) is 0 Å². The van der Waals surface area contributed by atoms with Crippen LogP contribution >= 0.6 is 11.6 Å². The highest BCUT2D eigenvalue weighted by atomic mass is 35.5. The molecule has 1 spiro atoms. The van der Waals surface area contributed by atoms with Crippen LogP contribution in [0, 0.1) is 17.8 Å². The van der Waals surface area contributed by atoms with Gasteiger partial charge in [0.05, 0.1) is 47.9 Å². The van der Waals surface area contributed by atoms with E-state index < -0.39 is 47.5 Å². The fourth-order valence-corrected chi connectivity index (χ4v) is 6.02. The summed E-state index contributed by atoms with van der Waals surface area (Å²) in [5, 5.41) is 13.5. The fraction of sp³-hybridized carbons (Fsp3) is 0.625. The Morgan fingerprint density at radius 2 is 2.09 bits per heavy atom. The summed E-state index contributed by atoms with van der Waals surface area (Å²) in [6.07, 6.45) is 1.27. The number of fused-ring (bicyclic) bond motifs is 1. The van der Waals surface area contributed by atoms with Gasteiger partial charge in [0.15, 0.2) is 0 Å². The number of carbonyl (C=O) groups is 3. The van der Waals surface area contributed by atoms with E-state index in [2.05, 4.69) is 5.32 Å². The Kier molecular flexibility index (Phi) is 6.71. The van der Waals surface area contributed by atoms with E-state index in [1.165, 1.54) is 4.90 Å². The number of aliphatic hydroxyl groups is 1. The van der Waals surface area contributed by atoms with Crippen LogP contribution in [0.2, 0.25) is 5.02 Å². The normalized spacial score (nSPS) is 31.9. The van der Waals surface area contributed by atoms with Gasteiger partial charge >= 0.3 is 5.97 Å². The molecule has 3 heterocycles. The Balaban J connectivity index is 1.77. The molecule has 33 heavy (non-hydrogen) atoms. The number of likely N-dealkylation sites (tertiary alicyclic amines) is 1. The van der Waals surface area contributed by atoms with E-state index in [0.29, 0.717) is 30.0 Å². The number of nitrogens with zero attached hydrogens (tertiary/aromatic N) is 1. The van der Waals surface area contributed by atoms with Crippen LogP contribution in [0.15, 0.2) is 24.3 Å². The molecule has 4 rings (SSSR count). The molecule has 3 fully saturated rings. The van der Waals surface area contributed by atoms with Crippen molar-refractivity contribution in [2.24, 2.45) is 17.8 Å². The highest BCUT2D eigenvalue weighted by molar-refractivity contribution is 6.33. The molecule has 3 saturated heterocycles. The van der Waals surface area contributed by atoms with Crippen LogP contribution in [-0.2, 0) is 23.9 Å². The standard InChI is InChI=1S/C24H31ClN2O6/c1-4-13(3)16(12-28)27-20(21(29)26-15-9-7-6-8-14(15)25)24-11-10-17(33-24)18(19(24)22(27)30)23(31)32-5-2/h6-9,13,16-20,28H,4-5,10-12H2,1-3H3,(H,26,29)/t13-,16-,17+,18-,19-,20?,24?/m0/s1. The number of aliphatic hydroxyl groups excluding tert-OH is 1. The minimum atomic E-state index is -1.15. The molecule has 2 unspecified atom stereocenters. The van der Waals surface area contributed by atoms with Gasteiger partial charge in [0.2, 0.25) is 11.8 Å². The van der Waals surface area contributed by atoms with Crippen molar-refractivity contribution in [2.45, 2.75) is 63.8 Å². The van der Waals surface area contributed by atoms with E-state index in [-0.39, 0.29) is 25.0 Å². The van der Waals surface area contributed by atoms with Crippen LogP contribution in [0.5, 0.6) is 0 Å². The molecule has 1 aromatic rings. The molecule has 2 bridgehead atoms. The highest BCUT2D eigenvalue weighted by Crippen LogP contribution is 2.59. The van der Waals surface area contributed by atoms with Crippen LogP contribution in [0.25, 0.3) is 0 Å². The summed E-state index contributed by atoms with van der Waals surface area (Å²) in [5.74, 6) is -2.90. The van der Waals surface area contributed by atoms with Gasteiger partial charge in [0.25, 0.3) is 0 Å². The van der Waals surface area contributed by atoms with Gasteiger partial charge in [-0.3, -0.25) is 14.4 Å². The third-order valence-electron chi connectivity index (χ3n) is 7.52. The van der Waals surface area contributed by atoms with Crippen LogP contribution in [0.3, 0.4) is 0 Å². The predicted molar refractivity (Wildman–Crippen MR) is 121 cm³/mol. The number of carbonyl (C=O) groups excluding carboxylic acids is 3. The molecule has 0 saturated carbocycles. The summed E-state index contributed by atoms with van der Waals surface area (Å²) in [5.41, 5.74) is -0.722. The van der Waals surface area contributed by atoms with Gasteiger partial charge < -0.3 is 24.8 Å². The summed E-state index contributed by atoms with van der Waals surface area (Å²) in [6, 6.07) is 5.28. The summed E-state index contributed by atoms with van der Waals surface area (Å²) in [4.78, 5) is 41.9. The predicted octanol–water partition coefficient (Wildman–Crippen LogP) is 2.62. The first-order valence-corrected chi connectivity index (χ1v) is 12.0. The Morgan fingerprint density at radius 3 is 2.73 bits per heavy atom. The first-order chi connectivity index (χ1) is 15.8. The zero-order chi connectivity index (χ0) is 23.9. The maximum atomic E-state index is 13.9. The average Bonchev–Trinajstić information content (AvgIpc) is 3.43. The van der Waals surface area contributed by atoms with E-state index in [1.807, 2.05) is 13.8 Å². The van der Waals surface area contributed by atoms with E-state index in [0.717, 1.165) is 0 Å². The van der Waals surface area contributed by atoms with Crippen molar-refractivity contribution in [3.05, 3.63) is 29.3 Å². The number of anilines is 1. The second-order valence-electron chi connectivity index (χ2n) is 9.16. The SMILES string of the molecule is CCOC(=O)[C@@H]1[C@H]2C(=O)N([C@@H](CO)[C@@H](C)CC)C(C(=O)Nc3ccccc3Cl)C23CC[C@H]1O3. The largest absolute Gasteiger partial charge is 0.466 e. The lowest BCUT2D eigenvalue weighted by Gasteiger charge is -2.38. The minimum absolute atomic E-state index is 0.0666. The van der Waals surface area contributed by atoms with Gasteiger partial charge in [-0.25, -0.2) is 0 Å². The first kappa shape index (κ1) is 24.0. The van der Waals surface area contributed by atoms with E-state index in [1.54, 1.807) is 31.2 Å². The molecule has 0 aliphatic carbocycles. The van der Waals surface area contributed by atoms with E-state index in [4.69, 9.17) is 21.1 Å². The molecule has 7 atom stereocenters. The van der Waals surface area contributed by atoms with Crippen LogP contribution in [0.1, 0.15) is 40.0 Å². The number of hydrogen-bond acceptors (Lipinski definition) is 6. The van der Waals surface area contributed by atoms with Gasteiger partial charge in [0.1, 0.15) is 11.6 Å². The Labute approximate surface area is 198 Å². The molecule has 3 aliphatic rings. The maximum absolute atomic E-state index is 13.9. The van der Waals surface area contributed by atoms with Crippen molar-refractivity contribution >= 4 is 35.1 Å². The van der Waals surface area contributed by atoms with Crippen LogP contribution < -0.4 is 5.32 Å². The Bertz CT molecular complexity index is 941. The lowest BCUT2D eigenvalue weighted by atomic mass is 9.70. The monoisotopic (exact) mass is 478 g/mol. The quantitative estimate of drug-likeness (QED) is 0.556. The molecule has 180 valence electrons. The molecule has 0 aromatic heterocycles. The summed E-state index contributed by atoms with van der Waals surface area (Å²) < 4.78 is 11.6. The number of ether oxygens (including phenoxy) is 2. The van der Waals surface area contributed by atoms with Crippen LogP contribution in [0.4, 0.5) is 5.69 Å². The molecule has 3 aliphatic heterocycles.